The average Bonchev–Trinajstić information content (AvgIpc) is 3.21. The quantitative estimate of drug-likeness (QED) is 0.264. The Balaban J connectivity index is 1.58. The largest absolute Gasteiger partial charge is 0.478 e. The number of hydrogen-bond donors (Lipinski definition) is 3. The van der Waals surface area contributed by atoms with Gasteiger partial charge in [-0.05, 0) is 48.9 Å². The Bertz CT molecular complexity index is 1300. The van der Waals surface area contributed by atoms with Crippen molar-refractivity contribution in [3.8, 4) is 17.1 Å². The minimum atomic E-state index is -1.07. The molecule has 7 nitrogen and oxygen atoms in total. The van der Waals surface area contributed by atoms with E-state index >= 15 is 4.39 Å². The van der Waals surface area contributed by atoms with Crippen molar-refractivity contribution in [2.45, 2.75) is 64.3 Å². The van der Waals surface area contributed by atoms with Gasteiger partial charge in [0, 0.05) is 5.56 Å². The first-order valence-electron chi connectivity index (χ1n) is 13.1. The highest BCUT2D eigenvalue weighted by molar-refractivity contribution is 7.81. The molecule has 1 aliphatic rings. The number of aromatic nitrogens is 2. The molecule has 1 aliphatic carbocycles. The third-order valence-electron chi connectivity index (χ3n) is 7.09. The average molecular weight is 540 g/mol. The number of halogens is 1. The van der Waals surface area contributed by atoms with E-state index < -0.39 is 11.8 Å². The van der Waals surface area contributed by atoms with Crippen LogP contribution in [0.2, 0.25) is 0 Å². The smallest absolute Gasteiger partial charge is 0.336 e. The Labute approximate surface area is 227 Å². The van der Waals surface area contributed by atoms with E-state index in [2.05, 4.69) is 22.9 Å². The fourth-order valence-corrected chi connectivity index (χ4v) is 5.16. The maximum atomic E-state index is 15.4. The van der Waals surface area contributed by atoms with Crippen molar-refractivity contribution in [1.29, 1.82) is 0 Å². The molecule has 1 saturated carbocycles. The lowest BCUT2D eigenvalue weighted by molar-refractivity contribution is -0.121. The van der Waals surface area contributed by atoms with Crippen LogP contribution in [0.1, 0.15) is 66.8 Å². The SMILES string of the molecule is CCOc1nc(CC)c(CNC(=O)[C@@H](S)CC2CCC2)n1Cc1ccc(-c2ccccc2C(=O)O)cc1F. The summed E-state index contributed by atoms with van der Waals surface area (Å²) in [4.78, 5) is 29.0. The van der Waals surface area contributed by atoms with Gasteiger partial charge < -0.3 is 15.2 Å². The fourth-order valence-electron chi connectivity index (χ4n) is 4.77. The number of aromatic carboxylic acids is 1. The minimum absolute atomic E-state index is 0.110. The van der Waals surface area contributed by atoms with E-state index in [-0.39, 0.29) is 29.8 Å². The molecule has 9 heteroatoms. The zero-order chi connectivity index (χ0) is 27.2. The van der Waals surface area contributed by atoms with Crippen molar-refractivity contribution in [3.05, 3.63) is 70.8 Å². The van der Waals surface area contributed by atoms with E-state index in [0.29, 0.717) is 41.6 Å². The van der Waals surface area contributed by atoms with Gasteiger partial charge in [0.15, 0.2) is 0 Å². The van der Waals surface area contributed by atoms with Crippen molar-refractivity contribution in [3.63, 3.8) is 0 Å². The second-order valence-electron chi connectivity index (χ2n) is 9.58. The number of amides is 1. The first-order valence-corrected chi connectivity index (χ1v) is 13.6. The molecule has 1 amide bonds. The Hall–Kier alpha value is -3.33. The third-order valence-corrected chi connectivity index (χ3v) is 7.54. The van der Waals surface area contributed by atoms with E-state index in [1.54, 1.807) is 34.9 Å². The molecule has 0 aliphatic heterocycles. The molecule has 38 heavy (non-hydrogen) atoms. The first-order chi connectivity index (χ1) is 18.3. The highest BCUT2D eigenvalue weighted by atomic mass is 32.1. The first kappa shape index (κ1) is 27.7. The number of carbonyl (C=O) groups excluding carboxylic acids is 1. The lowest BCUT2D eigenvalue weighted by atomic mass is 9.82. The number of aryl methyl sites for hydroxylation is 1. The predicted molar refractivity (Wildman–Crippen MR) is 147 cm³/mol. The van der Waals surface area contributed by atoms with Crippen LogP contribution in [0.3, 0.4) is 0 Å². The van der Waals surface area contributed by atoms with Gasteiger partial charge in [0.25, 0.3) is 6.01 Å². The lowest BCUT2D eigenvalue weighted by Crippen LogP contribution is -2.34. The number of imidazole rings is 1. The molecule has 202 valence electrons. The molecule has 1 atom stereocenters. The van der Waals surface area contributed by atoms with Crippen molar-refractivity contribution >= 4 is 24.5 Å². The second-order valence-corrected chi connectivity index (χ2v) is 10.2. The van der Waals surface area contributed by atoms with Crippen molar-refractivity contribution in [2.24, 2.45) is 5.92 Å². The Morgan fingerprint density at radius 1 is 1.24 bits per heavy atom. The summed E-state index contributed by atoms with van der Waals surface area (Å²) in [5, 5.41) is 12.1. The number of carboxylic acids is 1. The summed E-state index contributed by atoms with van der Waals surface area (Å²) in [7, 11) is 0. The van der Waals surface area contributed by atoms with Gasteiger partial charge >= 0.3 is 5.97 Å². The van der Waals surface area contributed by atoms with Crippen LogP contribution in [0.15, 0.2) is 42.5 Å². The summed E-state index contributed by atoms with van der Waals surface area (Å²) in [6, 6.07) is 11.6. The summed E-state index contributed by atoms with van der Waals surface area (Å²) in [6.07, 6.45) is 4.91. The molecule has 4 rings (SSSR count). The third kappa shape index (κ3) is 6.20. The number of carbonyl (C=O) groups is 2. The summed E-state index contributed by atoms with van der Waals surface area (Å²) in [6.45, 7) is 4.59. The van der Waals surface area contributed by atoms with Crippen LogP contribution in [-0.4, -0.2) is 38.4 Å². The summed E-state index contributed by atoms with van der Waals surface area (Å²) < 4.78 is 22.9. The molecule has 0 spiro atoms. The highest BCUT2D eigenvalue weighted by Gasteiger charge is 2.25. The predicted octanol–water partition coefficient (Wildman–Crippen LogP) is 5.50. The Kier molecular flexibility index (Phi) is 9.09. The monoisotopic (exact) mass is 539 g/mol. The molecule has 1 fully saturated rings. The van der Waals surface area contributed by atoms with Crippen LogP contribution in [0.25, 0.3) is 11.1 Å². The van der Waals surface area contributed by atoms with Crippen LogP contribution in [0, 0.1) is 11.7 Å². The zero-order valence-electron chi connectivity index (χ0n) is 21.7. The molecule has 2 N–H and O–H groups in total. The molecule has 1 heterocycles. The summed E-state index contributed by atoms with van der Waals surface area (Å²) in [5.74, 6) is -1.10. The van der Waals surface area contributed by atoms with Gasteiger partial charge in [0.2, 0.25) is 5.91 Å². The molecule has 1 aromatic heterocycles. The van der Waals surface area contributed by atoms with E-state index in [1.165, 1.54) is 18.6 Å². The van der Waals surface area contributed by atoms with Gasteiger partial charge in [-0.15, -0.1) is 0 Å². The fraction of sp³-hybridized carbons (Fsp3) is 0.414. The molecule has 0 bridgehead atoms. The van der Waals surface area contributed by atoms with E-state index in [9.17, 15) is 14.7 Å². The Morgan fingerprint density at radius 3 is 2.63 bits per heavy atom. The number of nitrogens with one attached hydrogen (secondary N) is 1. The van der Waals surface area contributed by atoms with Crippen LogP contribution < -0.4 is 10.1 Å². The van der Waals surface area contributed by atoms with Crippen LogP contribution in [0.4, 0.5) is 4.39 Å². The van der Waals surface area contributed by atoms with E-state index in [0.717, 1.165) is 30.7 Å². The van der Waals surface area contributed by atoms with Crippen molar-refractivity contribution in [2.75, 3.05) is 6.61 Å². The number of carboxylic acid groups (broad SMARTS) is 1. The maximum absolute atomic E-state index is 15.4. The van der Waals surface area contributed by atoms with E-state index in [1.807, 2.05) is 13.8 Å². The highest BCUT2D eigenvalue weighted by Crippen LogP contribution is 2.32. The van der Waals surface area contributed by atoms with Gasteiger partial charge in [-0.1, -0.05) is 56.5 Å². The van der Waals surface area contributed by atoms with Gasteiger partial charge in [0.1, 0.15) is 5.82 Å². The van der Waals surface area contributed by atoms with Crippen LogP contribution in [-0.2, 0) is 24.3 Å². The van der Waals surface area contributed by atoms with Crippen molar-refractivity contribution < 1.29 is 23.8 Å². The zero-order valence-corrected chi connectivity index (χ0v) is 22.6. The number of nitrogens with zero attached hydrogens (tertiary/aromatic N) is 2. The number of rotatable bonds is 12. The van der Waals surface area contributed by atoms with Gasteiger partial charge in [-0.25, -0.2) is 9.18 Å². The van der Waals surface area contributed by atoms with Crippen LogP contribution in [0.5, 0.6) is 6.01 Å². The normalized spacial score (nSPS) is 14.1. The number of ether oxygens (including phenoxy) is 1. The molecular weight excluding hydrogens is 505 g/mol. The van der Waals surface area contributed by atoms with Gasteiger partial charge in [-0.3, -0.25) is 9.36 Å². The summed E-state index contributed by atoms with van der Waals surface area (Å²) in [5.41, 5.74) is 2.96. The molecular formula is C29H34FN3O4S. The number of benzene rings is 2. The molecule has 3 aromatic rings. The van der Waals surface area contributed by atoms with E-state index in [4.69, 9.17) is 4.74 Å². The Morgan fingerprint density at radius 2 is 2.00 bits per heavy atom. The van der Waals surface area contributed by atoms with Gasteiger partial charge in [0.05, 0.1) is 41.9 Å². The minimum Gasteiger partial charge on any atom is -0.478 e. The second kappa shape index (κ2) is 12.5. The van der Waals surface area contributed by atoms with Crippen molar-refractivity contribution in [1.82, 2.24) is 14.9 Å². The van der Waals surface area contributed by atoms with Gasteiger partial charge in [-0.2, -0.15) is 17.6 Å². The maximum Gasteiger partial charge on any atom is 0.336 e. The lowest BCUT2D eigenvalue weighted by Gasteiger charge is -2.27. The molecule has 2 aromatic carbocycles. The van der Waals surface area contributed by atoms with Crippen LogP contribution >= 0.6 is 12.6 Å². The standard InChI is InChI=1S/C29H34FN3O4S/c1-3-24-25(16-31-27(34)26(38)14-18-8-7-9-18)33(29(32-24)37-4-2)17-20-13-12-19(15-23(20)30)21-10-5-6-11-22(21)28(35)36/h5-6,10-13,15,18,26,38H,3-4,7-9,14,16-17H2,1-2H3,(H,31,34)(H,35,36)/t26-/m0/s1. The molecule has 0 saturated heterocycles. The topological polar surface area (TPSA) is 93.5 Å². The number of thiol groups is 1. The number of hydrogen-bond acceptors (Lipinski definition) is 5. The molecule has 0 unspecified atom stereocenters. The summed E-state index contributed by atoms with van der Waals surface area (Å²) >= 11 is 4.52. The molecule has 0 radical (unpaired) electrons.